The number of hydrogen-bond acceptors (Lipinski definition) is 3. The third kappa shape index (κ3) is 4.26. The van der Waals surface area contributed by atoms with Crippen molar-refractivity contribution in [2.75, 3.05) is 27.2 Å². The minimum atomic E-state index is -0.519. The van der Waals surface area contributed by atoms with Gasteiger partial charge in [0.2, 0.25) is 0 Å². The fourth-order valence-electron chi connectivity index (χ4n) is 3.64. The molecule has 0 saturated carbocycles. The molecule has 6 nitrogen and oxygen atoms in total. The molecule has 158 valence electrons. The predicted molar refractivity (Wildman–Crippen MR) is 126 cm³/mol. The second kappa shape index (κ2) is 8.41. The number of likely N-dealkylation sites (N-methyl/N-ethyl adjacent to an activating group) is 1. The van der Waals surface area contributed by atoms with Gasteiger partial charge in [0, 0.05) is 40.0 Å². The molecule has 7 heteroatoms. The van der Waals surface area contributed by atoms with Crippen LogP contribution < -0.4 is 11.1 Å². The van der Waals surface area contributed by atoms with Crippen LogP contribution in [-0.2, 0) is 0 Å². The van der Waals surface area contributed by atoms with Gasteiger partial charge in [-0.2, -0.15) is 0 Å². The zero-order chi connectivity index (χ0) is 22.1. The van der Waals surface area contributed by atoms with E-state index in [0.29, 0.717) is 28.2 Å². The summed E-state index contributed by atoms with van der Waals surface area (Å²) in [6.07, 6.45) is 0. The molecule has 31 heavy (non-hydrogen) atoms. The Balaban J connectivity index is 1.83. The number of nitrogens with zero attached hydrogens (tertiary/aromatic N) is 1. The third-order valence-electron chi connectivity index (χ3n) is 5.26. The number of rotatable bonds is 6. The third-order valence-corrected chi connectivity index (χ3v) is 5.51. The van der Waals surface area contributed by atoms with Gasteiger partial charge in [0.1, 0.15) is 0 Å². The molecule has 0 unspecified atom stereocenters. The normalized spacial score (nSPS) is 11.4. The predicted octanol–water partition coefficient (Wildman–Crippen LogP) is 4.03. The largest absolute Gasteiger partial charge is 0.366 e. The Hall–Kier alpha value is -3.35. The van der Waals surface area contributed by atoms with Crippen molar-refractivity contribution in [3.05, 3.63) is 70.7 Å². The Morgan fingerprint density at radius 1 is 1.00 bits per heavy atom. The van der Waals surface area contributed by atoms with Gasteiger partial charge < -0.3 is 20.9 Å². The quantitative estimate of drug-likeness (QED) is 0.428. The molecule has 2 amide bonds. The number of benzene rings is 3. The van der Waals surface area contributed by atoms with Crippen molar-refractivity contribution >= 4 is 45.2 Å². The molecule has 0 radical (unpaired) electrons. The van der Waals surface area contributed by atoms with Gasteiger partial charge in [-0.05, 0) is 67.7 Å². The van der Waals surface area contributed by atoms with Gasteiger partial charge in [-0.3, -0.25) is 9.59 Å². The maximum Gasteiger partial charge on any atom is 0.251 e. The zero-order valence-electron chi connectivity index (χ0n) is 17.3. The molecule has 0 atom stereocenters. The van der Waals surface area contributed by atoms with Gasteiger partial charge in [-0.15, -0.1) is 0 Å². The molecule has 1 aromatic heterocycles. The first-order chi connectivity index (χ1) is 14.8. The summed E-state index contributed by atoms with van der Waals surface area (Å²) >= 11 is 6.02. The smallest absolute Gasteiger partial charge is 0.251 e. The average molecular weight is 435 g/mol. The molecule has 4 N–H and O–H groups in total. The maximum absolute atomic E-state index is 12.6. The van der Waals surface area contributed by atoms with E-state index in [2.05, 4.69) is 10.3 Å². The molecule has 0 aliphatic carbocycles. The second-order valence-corrected chi connectivity index (χ2v) is 8.20. The molecule has 0 spiro atoms. The number of primary amides is 1. The lowest BCUT2D eigenvalue weighted by molar-refractivity contribution is 0.0950. The molecule has 0 bridgehead atoms. The highest BCUT2D eigenvalue weighted by Crippen LogP contribution is 2.33. The first kappa shape index (κ1) is 20.9. The number of nitrogens with two attached hydrogens (primary N) is 1. The van der Waals surface area contributed by atoms with Gasteiger partial charge in [0.05, 0.1) is 11.1 Å². The highest BCUT2D eigenvalue weighted by Gasteiger charge is 2.16. The number of nitrogens with one attached hydrogen (secondary N) is 2. The summed E-state index contributed by atoms with van der Waals surface area (Å²) in [4.78, 5) is 30.1. The SMILES string of the molecule is CN(C)CCNC(=O)c1ccc2[nH]c3c(C(N)=O)cc(-c4ccc(Cl)cc4)cc3c2c1. The van der Waals surface area contributed by atoms with Crippen molar-refractivity contribution in [3.8, 4) is 11.1 Å². The van der Waals surface area contributed by atoms with Gasteiger partial charge in [-0.1, -0.05) is 23.7 Å². The number of amides is 2. The van der Waals surface area contributed by atoms with Crippen LogP contribution in [0.3, 0.4) is 0 Å². The Morgan fingerprint density at radius 2 is 1.74 bits per heavy atom. The topological polar surface area (TPSA) is 91.2 Å². The molecule has 0 saturated heterocycles. The Labute approximate surface area is 185 Å². The van der Waals surface area contributed by atoms with E-state index in [1.807, 2.05) is 49.3 Å². The summed E-state index contributed by atoms with van der Waals surface area (Å²) < 4.78 is 0. The Bertz CT molecular complexity index is 1290. The number of H-pyrrole nitrogens is 1. The van der Waals surface area contributed by atoms with Crippen molar-refractivity contribution < 1.29 is 9.59 Å². The lowest BCUT2D eigenvalue weighted by Gasteiger charge is -2.10. The van der Waals surface area contributed by atoms with E-state index in [4.69, 9.17) is 17.3 Å². The van der Waals surface area contributed by atoms with Crippen LogP contribution in [0.2, 0.25) is 5.02 Å². The summed E-state index contributed by atoms with van der Waals surface area (Å²) in [5.74, 6) is -0.656. The fraction of sp³-hybridized carbons (Fsp3) is 0.167. The van der Waals surface area contributed by atoms with E-state index in [1.54, 1.807) is 24.3 Å². The fourth-order valence-corrected chi connectivity index (χ4v) is 3.77. The van der Waals surface area contributed by atoms with E-state index < -0.39 is 5.91 Å². The van der Waals surface area contributed by atoms with E-state index >= 15 is 0 Å². The lowest BCUT2D eigenvalue weighted by atomic mass is 9.98. The van der Waals surface area contributed by atoms with Crippen LogP contribution in [0, 0.1) is 0 Å². The standard InChI is InChI=1S/C24H23ClN4O2/c1-29(2)10-9-27-24(31)15-5-8-21-18(11-15)19-12-16(14-3-6-17(25)7-4-14)13-20(23(26)30)22(19)28-21/h3-8,11-13,28H,9-10H2,1-2H3,(H2,26,30)(H,27,31). The Morgan fingerprint density at radius 3 is 2.42 bits per heavy atom. The maximum atomic E-state index is 12.6. The van der Waals surface area contributed by atoms with Crippen LogP contribution in [0.4, 0.5) is 0 Å². The molecule has 0 aliphatic heterocycles. The highest BCUT2D eigenvalue weighted by atomic mass is 35.5. The van der Waals surface area contributed by atoms with Crippen molar-refractivity contribution in [2.24, 2.45) is 5.73 Å². The van der Waals surface area contributed by atoms with E-state index in [-0.39, 0.29) is 5.91 Å². The van der Waals surface area contributed by atoms with Crippen LogP contribution in [0.5, 0.6) is 0 Å². The molecule has 4 aromatic rings. The summed E-state index contributed by atoms with van der Waals surface area (Å²) in [6.45, 7) is 1.32. The molecule has 3 aromatic carbocycles. The number of hydrogen-bond donors (Lipinski definition) is 3. The van der Waals surface area contributed by atoms with Crippen LogP contribution in [0.15, 0.2) is 54.6 Å². The summed E-state index contributed by atoms with van der Waals surface area (Å²) in [7, 11) is 3.91. The summed E-state index contributed by atoms with van der Waals surface area (Å²) in [5.41, 5.74) is 9.89. The molecular weight excluding hydrogens is 412 g/mol. The van der Waals surface area contributed by atoms with Crippen LogP contribution in [0.25, 0.3) is 32.9 Å². The van der Waals surface area contributed by atoms with E-state index in [9.17, 15) is 9.59 Å². The molecule has 0 fully saturated rings. The number of fused-ring (bicyclic) bond motifs is 3. The number of carbonyl (C=O) groups excluding carboxylic acids is 2. The molecular formula is C24H23ClN4O2. The number of carbonyl (C=O) groups is 2. The summed E-state index contributed by atoms with van der Waals surface area (Å²) in [6, 6.07) is 16.6. The lowest BCUT2D eigenvalue weighted by Crippen LogP contribution is -2.31. The average Bonchev–Trinajstić information content (AvgIpc) is 3.11. The van der Waals surface area contributed by atoms with Crippen molar-refractivity contribution in [2.45, 2.75) is 0 Å². The van der Waals surface area contributed by atoms with Crippen LogP contribution >= 0.6 is 11.6 Å². The number of halogens is 1. The molecule has 4 rings (SSSR count). The molecule has 1 heterocycles. The van der Waals surface area contributed by atoms with E-state index in [1.165, 1.54) is 0 Å². The first-order valence-electron chi connectivity index (χ1n) is 9.91. The first-order valence-corrected chi connectivity index (χ1v) is 10.3. The van der Waals surface area contributed by atoms with Crippen LogP contribution in [-0.4, -0.2) is 48.9 Å². The monoisotopic (exact) mass is 434 g/mol. The van der Waals surface area contributed by atoms with Gasteiger partial charge >= 0.3 is 0 Å². The highest BCUT2D eigenvalue weighted by molar-refractivity contribution is 6.30. The minimum absolute atomic E-state index is 0.137. The number of aromatic amines is 1. The van der Waals surface area contributed by atoms with Gasteiger partial charge in [-0.25, -0.2) is 0 Å². The van der Waals surface area contributed by atoms with Gasteiger partial charge in [0.15, 0.2) is 0 Å². The van der Waals surface area contributed by atoms with Crippen molar-refractivity contribution in [3.63, 3.8) is 0 Å². The van der Waals surface area contributed by atoms with Crippen molar-refractivity contribution in [1.82, 2.24) is 15.2 Å². The van der Waals surface area contributed by atoms with Gasteiger partial charge in [0.25, 0.3) is 11.8 Å². The van der Waals surface area contributed by atoms with Crippen molar-refractivity contribution in [1.29, 1.82) is 0 Å². The van der Waals surface area contributed by atoms with E-state index in [0.717, 1.165) is 34.0 Å². The molecule has 0 aliphatic rings. The minimum Gasteiger partial charge on any atom is -0.366 e. The Kier molecular flexibility index (Phi) is 5.67. The zero-order valence-corrected chi connectivity index (χ0v) is 18.1. The van der Waals surface area contributed by atoms with Crippen LogP contribution in [0.1, 0.15) is 20.7 Å². The summed E-state index contributed by atoms with van der Waals surface area (Å²) in [5, 5.41) is 5.25. The second-order valence-electron chi connectivity index (χ2n) is 7.76. The number of aromatic nitrogens is 1.